The van der Waals surface area contributed by atoms with Gasteiger partial charge in [0.2, 0.25) is 0 Å². The molecule has 1 N–H and O–H groups in total. The van der Waals surface area contributed by atoms with Crippen molar-refractivity contribution in [1.82, 2.24) is 10.3 Å². The number of benzene rings is 2. The van der Waals surface area contributed by atoms with Crippen LogP contribution in [-0.2, 0) is 6.42 Å². The van der Waals surface area contributed by atoms with Crippen molar-refractivity contribution in [3.05, 3.63) is 83.7 Å². The molecule has 1 aliphatic carbocycles. The molecule has 0 bridgehead atoms. The van der Waals surface area contributed by atoms with E-state index in [1.165, 1.54) is 11.1 Å². The molecule has 0 aliphatic heterocycles. The molecule has 1 atom stereocenters. The fourth-order valence-electron chi connectivity index (χ4n) is 3.55. The summed E-state index contributed by atoms with van der Waals surface area (Å²) in [6.45, 7) is 0. The number of fused-ring (bicyclic) bond motifs is 1. The SMILES string of the molecule is COc1cc(-c2ccncc2)ccc1C(=O)NC1CCc2ccccc21. The first-order chi connectivity index (χ1) is 12.8. The number of rotatable bonds is 4. The third-order valence-corrected chi connectivity index (χ3v) is 4.90. The summed E-state index contributed by atoms with van der Waals surface area (Å²) >= 11 is 0. The van der Waals surface area contributed by atoms with E-state index in [9.17, 15) is 4.79 Å². The van der Waals surface area contributed by atoms with Gasteiger partial charge in [0.15, 0.2) is 0 Å². The third-order valence-electron chi connectivity index (χ3n) is 4.90. The summed E-state index contributed by atoms with van der Waals surface area (Å²) in [4.78, 5) is 16.9. The molecule has 4 nitrogen and oxygen atoms in total. The van der Waals surface area contributed by atoms with Gasteiger partial charge in [0.25, 0.3) is 5.91 Å². The molecular weight excluding hydrogens is 324 g/mol. The summed E-state index contributed by atoms with van der Waals surface area (Å²) in [5.74, 6) is 0.466. The highest BCUT2D eigenvalue weighted by Gasteiger charge is 2.25. The maximum absolute atomic E-state index is 12.8. The maximum atomic E-state index is 12.8. The van der Waals surface area contributed by atoms with E-state index >= 15 is 0 Å². The molecule has 26 heavy (non-hydrogen) atoms. The molecule has 0 fully saturated rings. The zero-order valence-corrected chi connectivity index (χ0v) is 14.6. The Morgan fingerprint density at radius 3 is 2.69 bits per heavy atom. The zero-order valence-electron chi connectivity index (χ0n) is 14.6. The third kappa shape index (κ3) is 3.06. The Labute approximate surface area is 152 Å². The normalized spacial score (nSPS) is 15.3. The van der Waals surface area contributed by atoms with E-state index in [1.54, 1.807) is 19.5 Å². The van der Waals surface area contributed by atoms with Crippen molar-refractivity contribution in [2.24, 2.45) is 0 Å². The minimum absolute atomic E-state index is 0.0586. The average molecular weight is 344 g/mol. The predicted molar refractivity (Wildman–Crippen MR) is 101 cm³/mol. The van der Waals surface area contributed by atoms with Gasteiger partial charge in [-0.1, -0.05) is 30.3 Å². The number of amides is 1. The molecule has 3 aromatic rings. The number of nitrogens with one attached hydrogen (secondary N) is 1. The lowest BCUT2D eigenvalue weighted by atomic mass is 10.0. The van der Waals surface area contributed by atoms with Crippen molar-refractivity contribution >= 4 is 5.91 Å². The van der Waals surface area contributed by atoms with E-state index < -0.39 is 0 Å². The number of carbonyl (C=O) groups excluding carboxylic acids is 1. The largest absolute Gasteiger partial charge is 0.496 e. The van der Waals surface area contributed by atoms with E-state index in [0.717, 1.165) is 24.0 Å². The molecular formula is C22H20N2O2. The number of aromatic nitrogens is 1. The van der Waals surface area contributed by atoms with E-state index in [1.807, 2.05) is 42.5 Å². The van der Waals surface area contributed by atoms with Gasteiger partial charge < -0.3 is 10.1 Å². The monoisotopic (exact) mass is 344 g/mol. The van der Waals surface area contributed by atoms with Crippen molar-refractivity contribution < 1.29 is 9.53 Å². The van der Waals surface area contributed by atoms with E-state index in [0.29, 0.717) is 11.3 Å². The van der Waals surface area contributed by atoms with Crippen molar-refractivity contribution in [2.75, 3.05) is 7.11 Å². The molecule has 0 saturated carbocycles. The van der Waals surface area contributed by atoms with Gasteiger partial charge in [-0.3, -0.25) is 9.78 Å². The number of hydrogen-bond donors (Lipinski definition) is 1. The number of aryl methyl sites for hydroxylation is 1. The Morgan fingerprint density at radius 1 is 1.08 bits per heavy atom. The number of nitrogens with zero attached hydrogens (tertiary/aromatic N) is 1. The lowest BCUT2D eigenvalue weighted by molar-refractivity contribution is 0.0933. The summed E-state index contributed by atoms with van der Waals surface area (Å²) in [5.41, 5.74) is 5.11. The molecule has 1 heterocycles. The lowest BCUT2D eigenvalue weighted by Crippen LogP contribution is -2.27. The fourth-order valence-corrected chi connectivity index (χ4v) is 3.55. The minimum Gasteiger partial charge on any atom is -0.496 e. The standard InChI is InChI=1S/C22H20N2O2/c1-26-21-14-17(15-10-12-23-13-11-15)6-8-19(21)22(25)24-20-9-7-16-4-2-3-5-18(16)20/h2-6,8,10-14,20H,7,9H2,1H3,(H,24,25). The van der Waals surface area contributed by atoms with Gasteiger partial charge >= 0.3 is 0 Å². The molecule has 0 spiro atoms. The van der Waals surface area contributed by atoms with Crippen LogP contribution in [0.1, 0.15) is 33.9 Å². The molecule has 4 rings (SSSR count). The zero-order chi connectivity index (χ0) is 17.9. The highest BCUT2D eigenvalue weighted by Crippen LogP contribution is 2.32. The number of hydrogen-bond acceptors (Lipinski definition) is 3. The molecule has 2 aromatic carbocycles. The lowest BCUT2D eigenvalue weighted by Gasteiger charge is -2.16. The number of carbonyl (C=O) groups is 1. The molecule has 4 heteroatoms. The Hall–Kier alpha value is -3.14. The highest BCUT2D eigenvalue weighted by molar-refractivity contribution is 5.98. The van der Waals surface area contributed by atoms with Crippen LogP contribution in [0, 0.1) is 0 Å². The molecule has 0 saturated heterocycles. The first kappa shape index (κ1) is 16.3. The smallest absolute Gasteiger partial charge is 0.255 e. The number of ether oxygens (including phenoxy) is 1. The summed E-state index contributed by atoms with van der Waals surface area (Å²) in [5, 5.41) is 3.16. The summed E-state index contributed by atoms with van der Waals surface area (Å²) < 4.78 is 5.49. The summed E-state index contributed by atoms with van der Waals surface area (Å²) in [6.07, 6.45) is 5.43. The maximum Gasteiger partial charge on any atom is 0.255 e. The molecule has 130 valence electrons. The highest BCUT2D eigenvalue weighted by atomic mass is 16.5. The van der Waals surface area contributed by atoms with Crippen molar-refractivity contribution in [3.8, 4) is 16.9 Å². The van der Waals surface area contributed by atoms with Crippen molar-refractivity contribution in [1.29, 1.82) is 0 Å². The van der Waals surface area contributed by atoms with Crippen LogP contribution in [0.3, 0.4) is 0 Å². The quantitative estimate of drug-likeness (QED) is 0.773. The second kappa shape index (κ2) is 7.00. The molecule has 1 aliphatic rings. The number of methoxy groups -OCH3 is 1. The summed E-state index contributed by atoms with van der Waals surface area (Å²) in [6, 6.07) is 17.9. The van der Waals surface area contributed by atoms with Gasteiger partial charge in [0, 0.05) is 12.4 Å². The van der Waals surface area contributed by atoms with Crippen LogP contribution in [-0.4, -0.2) is 18.0 Å². The van der Waals surface area contributed by atoms with Crippen LogP contribution in [0.5, 0.6) is 5.75 Å². The Bertz CT molecular complexity index is 938. The van der Waals surface area contributed by atoms with Crippen LogP contribution in [0.15, 0.2) is 67.0 Å². The molecule has 1 amide bonds. The predicted octanol–water partition coefficient (Wildman–Crippen LogP) is 4.17. The fraction of sp³-hybridized carbons (Fsp3) is 0.182. The van der Waals surface area contributed by atoms with Gasteiger partial charge in [-0.15, -0.1) is 0 Å². The van der Waals surface area contributed by atoms with Crippen LogP contribution in [0.2, 0.25) is 0 Å². The topological polar surface area (TPSA) is 51.2 Å². The van der Waals surface area contributed by atoms with Crippen LogP contribution in [0.4, 0.5) is 0 Å². The van der Waals surface area contributed by atoms with E-state index in [-0.39, 0.29) is 11.9 Å². The first-order valence-electron chi connectivity index (χ1n) is 8.73. The van der Waals surface area contributed by atoms with Gasteiger partial charge in [-0.05, 0) is 59.4 Å². The van der Waals surface area contributed by atoms with E-state index in [2.05, 4.69) is 22.4 Å². The van der Waals surface area contributed by atoms with Crippen molar-refractivity contribution in [2.45, 2.75) is 18.9 Å². The van der Waals surface area contributed by atoms with E-state index in [4.69, 9.17) is 4.74 Å². The Balaban J connectivity index is 1.58. The number of pyridine rings is 1. The molecule has 1 aromatic heterocycles. The van der Waals surface area contributed by atoms with Gasteiger partial charge in [0.1, 0.15) is 5.75 Å². The van der Waals surface area contributed by atoms with Gasteiger partial charge in [0.05, 0.1) is 18.7 Å². The second-order valence-corrected chi connectivity index (χ2v) is 6.41. The van der Waals surface area contributed by atoms with Crippen LogP contribution >= 0.6 is 0 Å². The summed E-state index contributed by atoms with van der Waals surface area (Å²) in [7, 11) is 1.59. The minimum atomic E-state index is -0.107. The first-order valence-corrected chi connectivity index (χ1v) is 8.73. The van der Waals surface area contributed by atoms with Crippen LogP contribution in [0.25, 0.3) is 11.1 Å². The van der Waals surface area contributed by atoms with Crippen LogP contribution < -0.4 is 10.1 Å². The second-order valence-electron chi connectivity index (χ2n) is 6.41. The Morgan fingerprint density at radius 2 is 1.88 bits per heavy atom. The molecule has 0 radical (unpaired) electrons. The van der Waals surface area contributed by atoms with Crippen molar-refractivity contribution in [3.63, 3.8) is 0 Å². The molecule has 1 unspecified atom stereocenters. The average Bonchev–Trinajstić information content (AvgIpc) is 3.11. The van der Waals surface area contributed by atoms with Gasteiger partial charge in [-0.2, -0.15) is 0 Å². The Kier molecular flexibility index (Phi) is 4.40. The van der Waals surface area contributed by atoms with Gasteiger partial charge in [-0.25, -0.2) is 0 Å².